The summed E-state index contributed by atoms with van der Waals surface area (Å²) in [5.74, 6) is -0.100. The van der Waals surface area contributed by atoms with Crippen molar-refractivity contribution < 1.29 is 26.3 Å². The first-order valence-electron chi connectivity index (χ1n) is 5.65. The summed E-state index contributed by atoms with van der Waals surface area (Å²) in [4.78, 5) is 11.8. The number of aryl methyl sites for hydroxylation is 1. The van der Waals surface area contributed by atoms with Crippen LogP contribution in [0.1, 0.15) is 5.56 Å². The van der Waals surface area contributed by atoms with Gasteiger partial charge in [-0.05, 0) is 24.6 Å². The maximum atomic E-state index is 11.8. The van der Waals surface area contributed by atoms with Crippen LogP contribution >= 0.6 is 11.6 Å². The third-order valence-electron chi connectivity index (χ3n) is 2.53. The lowest BCUT2D eigenvalue weighted by Crippen LogP contribution is -3.00. The van der Waals surface area contributed by atoms with Crippen molar-refractivity contribution in [2.24, 2.45) is 0 Å². The smallest absolute Gasteiger partial charge is 0.290 e. The lowest BCUT2D eigenvalue weighted by Gasteiger charge is -2.04. The number of hydrogen-bond donors (Lipinski definition) is 1. The van der Waals surface area contributed by atoms with Gasteiger partial charge < -0.3 is 22.3 Å². The molecular formula is C14H14BrClN2O. The minimum Gasteiger partial charge on any atom is -1.00 e. The van der Waals surface area contributed by atoms with Crippen LogP contribution in [0.5, 0.6) is 0 Å². The van der Waals surface area contributed by atoms with Gasteiger partial charge >= 0.3 is 0 Å². The molecule has 1 N–H and O–H groups in total. The lowest BCUT2D eigenvalue weighted by atomic mass is 10.3. The molecule has 1 amide bonds. The first-order chi connectivity index (χ1) is 8.65. The minimum absolute atomic E-state index is 0. The van der Waals surface area contributed by atoms with Crippen molar-refractivity contribution in [1.82, 2.24) is 0 Å². The molecule has 0 radical (unpaired) electrons. The number of nitrogens with one attached hydrogen (secondary N) is 1. The Hall–Kier alpha value is -1.39. The Bertz CT molecular complexity index is 558. The Labute approximate surface area is 128 Å². The van der Waals surface area contributed by atoms with Crippen LogP contribution in [0.25, 0.3) is 0 Å². The number of halogens is 2. The lowest BCUT2D eigenvalue weighted by molar-refractivity contribution is -0.684. The highest BCUT2D eigenvalue weighted by atomic mass is 79.9. The molecule has 0 bridgehead atoms. The monoisotopic (exact) mass is 340 g/mol. The van der Waals surface area contributed by atoms with E-state index in [4.69, 9.17) is 11.6 Å². The Morgan fingerprint density at radius 3 is 2.47 bits per heavy atom. The predicted molar refractivity (Wildman–Crippen MR) is 71.5 cm³/mol. The number of carbonyl (C=O) groups excluding carboxylic acids is 1. The van der Waals surface area contributed by atoms with E-state index in [-0.39, 0.29) is 29.4 Å². The van der Waals surface area contributed by atoms with E-state index in [9.17, 15) is 4.79 Å². The van der Waals surface area contributed by atoms with Crippen LogP contribution < -0.4 is 26.9 Å². The molecule has 100 valence electrons. The van der Waals surface area contributed by atoms with E-state index in [2.05, 4.69) is 5.32 Å². The van der Waals surface area contributed by atoms with Gasteiger partial charge in [0.1, 0.15) is 0 Å². The molecule has 0 fully saturated rings. The van der Waals surface area contributed by atoms with E-state index in [0.717, 1.165) is 5.56 Å². The average Bonchev–Trinajstić information content (AvgIpc) is 2.35. The molecule has 2 aromatic rings. The van der Waals surface area contributed by atoms with Crippen molar-refractivity contribution in [2.75, 3.05) is 5.32 Å². The third kappa shape index (κ3) is 4.65. The second-order valence-electron chi connectivity index (χ2n) is 4.08. The fraction of sp³-hybridized carbons (Fsp3) is 0.143. The SMILES string of the molecule is Cc1cc[n+](CC(=O)Nc2ccccc2Cl)cc1.[Br-]. The molecule has 1 aromatic carbocycles. The van der Waals surface area contributed by atoms with Crippen LogP contribution in [0.3, 0.4) is 0 Å². The maximum Gasteiger partial charge on any atom is 0.290 e. The minimum atomic E-state index is -0.100. The van der Waals surface area contributed by atoms with Crippen LogP contribution in [0.2, 0.25) is 5.02 Å². The molecule has 0 saturated carbocycles. The molecule has 0 aliphatic heterocycles. The molecule has 0 aliphatic rings. The van der Waals surface area contributed by atoms with Crippen molar-refractivity contribution >= 4 is 23.2 Å². The molecule has 0 unspecified atom stereocenters. The number of aromatic nitrogens is 1. The quantitative estimate of drug-likeness (QED) is 0.756. The zero-order valence-electron chi connectivity index (χ0n) is 10.4. The number of carbonyl (C=O) groups is 1. The van der Waals surface area contributed by atoms with Crippen LogP contribution in [-0.2, 0) is 11.3 Å². The Morgan fingerprint density at radius 2 is 1.84 bits per heavy atom. The van der Waals surface area contributed by atoms with Gasteiger partial charge in [-0.1, -0.05) is 23.7 Å². The molecule has 3 nitrogen and oxygen atoms in total. The van der Waals surface area contributed by atoms with Gasteiger partial charge in [-0.25, -0.2) is 0 Å². The van der Waals surface area contributed by atoms with E-state index >= 15 is 0 Å². The number of para-hydroxylation sites is 1. The zero-order valence-corrected chi connectivity index (χ0v) is 12.8. The van der Waals surface area contributed by atoms with Gasteiger partial charge in [0.25, 0.3) is 5.91 Å². The van der Waals surface area contributed by atoms with E-state index in [1.165, 1.54) is 0 Å². The molecule has 0 aliphatic carbocycles. The zero-order chi connectivity index (χ0) is 13.0. The van der Waals surface area contributed by atoms with Gasteiger partial charge in [-0.2, -0.15) is 4.57 Å². The summed E-state index contributed by atoms with van der Waals surface area (Å²) >= 11 is 5.97. The number of rotatable bonds is 3. The van der Waals surface area contributed by atoms with Crippen LogP contribution in [-0.4, -0.2) is 5.91 Å². The number of anilines is 1. The number of hydrogen-bond acceptors (Lipinski definition) is 1. The largest absolute Gasteiger partial charge is 1.00 e. The standard InChI is InChI=1S/C14H13ClN2O.BrH/c1-11-6-8-17(9-7-11)10-14(18)16-13-5-3-2-4-12(13)15;/h2-9H,10H2,1H3;1H. The molecule has 0 saturated heterocycles. The highest BCUT2D eigenvalue weighted by Crippen LogP contribution is 2.19. The first kappa shape index (κ1) is 15.7. The van der Waals surface area contributed by atoms with Gasteiger partial charge in [0.2, 0.25) is 6.54 Å². The molecule has 0 atom stereocenters. The molecular weight excluding hydrogens is 328 g/mol. The van der Waals surface area contributed by atoms with E-state index in [1.54, 1.807) is 12.1 Å². The van der Waals surface area contributed by atoms with Gasteiger partial charge in [-0.15, -0.1) is 0 Å². The maximum absolute atomic E-state index is 11.8. The molecule has 5 heteroatoms. The number of amides is 1. The highest BCUT2D eigenvalue weighted by molar-refractivity contribution is 6.33. The Balaban J connectivity index is 0.00000180. The summed E-state index contributed by atoms with van der Waals surface area (Å²) in [5, 5.41) is 3.32. The number of nitrogens with zero attached hydrogens (tertiary/aromatic N) is 1. The highest BCUT2D eigenvalue weighted by Gasteiger charge is 2.10. The summed E-state index contributed by atoms with van der Waals surface area (Å²) in [5.41, 5.74) is 1.80. The second-order valence-corrected chi connectivity index (χ2v) is 4.48. The normalized spacial score (nSPS) is 9.58. The van der Waals surface area contributed by atoms with E-state index in [0.29, 0.717) is 10.7 Å². The first-order valence-corrected chi connectivity index (χ1v) is 6.03. The summed E-state index contributed by atoms with van der Waals surface area (Å²) < 4.78 is 1.82. The summed E-state index contributed by atoms with van der Waals surface area (Å²) in [6, 6.07) is 11.1. The predicted octanol–water partition coefficient (Wildman–Crippen LogP) is -0.421. The topological polar surface area (TPSA) is 33.0 Å². The Kier molecular flexibility index (Phi) is 5.99. The second kappa shape index (κ2) is 7.26. The van der Waals surface area contributed by atoms with Gasteiger partial charge in [0, 0.05) is 12.1 Å². The van der Waals surface area contributed by atoms with Crippen molar-refractivity contribution in [3.8, 4) is 0 Å². The van der Waals surface area contributed by atoms with Gasteiger partial charge in [0.15, 0.2) is 12.4 Å². The average molecular weight is 342 g/mol. The van der Waals surface area contributed by atoms with Crippen molar-refractivity contribution in [3.63, 3.8) is 0 Å². The van der Waals surface area contributed by atoms with Crippen LogP contribution in [0.15, 0.2) is 48.8 Å². The number of pyridine rings is 1. The van der Waals surface area contributed by atoms with Gasteiger partial charge in [0.05, 0.1) is 10.7 Å². The van der Waals surface area contributed by atoms with Crippen molar-refractivity contribution in [2.45, 2.75) is 13.5 Å². The van der Waals surface area contributed by atoms with E-state index in [1.807, 2.05) is 48.1 Å². The Morgan fingerprint density at radius 1 is 1.21 bits per heavy atom. The van der Waals surface area contributed by atoms with E-state index < -0.39 is 0 Å². The third-order valence-corrected chi connectivity index (χ3v) is 2.86. The van der Waals surface area contributed by atoms with Crippen LogP contribution in [0, 0.1) is 6.92 Å². The molecule has 1 aromatic heterocycles. The summed E-state index contributed by atoms with van der Waals surface area (Å²) in [7, 11) is 0. The fourth-order valence-electron chi connectivity index (χ4n) is 1.56. The fourth-order valence-corrected chi connectivity index (χ4v) is 1.74. The van der Waals surface area contributed by atoms with Crippen molar-refractivity contribution in [3.05, 3.63) is 59.4 Å². The number of benzene rings is 1. The van der Waals surface area contributed by atoms with Crippen molar-refractivity contribution in [1.29, 1.82) is 0 Å². The molecule has 19 heavy (non-hydrogen) atoms. The summed E-state index contributed by atoms with van der Waals surface area (Å²) in [6.45, 7) is 2.28. The summed E-state index contributed by atoms with van der Waals surface area (Å²) in [6.07, 6.45) is 3.75. The van der Waals surface area contributed by atoms with Crippen LogP contribution in [0.4, 0.5) is 5.69 Å². The molecule has 2 rings (SSSR count). The van der Waals surface area contributed by atoms with Gasteiger partial charge in [-0.3, -0.25) is 4.79 Å². The molecule has 1 heterocycles. The molecule has 0 spiro atoms.